The summed E-state index contributed by atoms with van der Waals surface area (Å²) in [6.07, 6.45) is 0. The zero-order chi connectivity index (χ0) is 8.97. The van der Waals surface area contributed by atoms with Crippen molar-refractivity contribution in [1.82, 2.24) is 0 Å². The van der Waals surface area contributed by atoms with E-state index < -0.39 is 0 Å². The summed E-state index contributed by atoms with van der Waals surface area (Å²) >= 11 is 3.30. The largest absolute Gasteiger partial charge is 0.504 e. The van der Waals surface area contributed by atoms with Crippen LogP contribution in [0.3, 0.4) is 0 Å². The maximum atomic E-state index is 9.41. The van der Waals surface area contributed by atoms with E-state index in [0.29, 0.717) is 12.4 Å². The Morgan fingerprint density at radius 3 is 2.75 bits per heavy atom. The lowest BCUT2D eigenvalue weighted by Gasteiger charge is -2.05. The average molecular weight is 231 g/mol. The molecule has 0 aliphatic carbocycles. The van der Waals surface area contributed by atoms with Gasteiger partial charge in [-0.25, -0.2) is 0 Å². The fraction of sp³-hybridized carbons (Fsp3) is 0.333. The highest BCUT2D eigenvalue weighted by atomic mass is 79.9. The third-order valence-electron chi connectivity index (χ3n) is 1.48. The van der Waals surface area contributed by atoms with Crippen LogP contribution < -0.4 is 4.74 Å². The van der Waals surface area contributed by atoms with Crippen molar-refractivity contribution < 1.29 is 9.84 Å². The smallest absolute Gasteiger partial charge is 0.160 e. The van der Waals surface area contributed by atoms with Gasteiger partial charge in [-0.1, -0.05) is 22.0 Å². The molecule has 0 heterocycles. The van der Waals surface area contributed by atoms with Gasteiger partial charge in [0.25, 0.3) is 0 Å². The van der Waals surface area contributed by atoms with Crippen molar-refractivity contribution >= 4 is 15.9 Å². The van der Waals surface area contributed by atoms with E-state index >= 15 is 0 Å². The lowest BCUT2D eigenvalue weighted by Crippen LogP contribution is -1.91. The molecule has 1 aromatic carbocycles. The van der Waals surface area contributed by atoms with Gasteiger partial charge in [0, 0.05) is 5.33 Å². The van der Waals surface area contributed by atoms with E-state index in [2.05, 4.69) is 15.9 Å². The van der Waals surface area contributed by atoms with Crippen LogP contribution in [0.4, 0.5) is 0 Å². The Morgan fingerprint density at radius 2 is 2.25 bits per heavy atom. The Balaban J connectivity index is 2.87. The summed E-state index contributed by atoms with van der Waals surface area (Å²) in [5.74, 6) is 0.746. The van der Waals surface area contributed by atoms with Crippen LogP contribution in [0.15, 0.2) is 18.2 Å². The molecule has 1 N–H and O–H groups in total. The topological polar surface area (TPSA) is 29.5 Å². The second-order valence-corrected chi connectivity index (χ2v) is 2.93. The Kier molecular flexibility index (Phi) is 3.41. The van der Waals surface area contributed by atoms with Gasteiger partial charge in [-0.3, -0.25) is 0 Å². The molecule has 0 fully saturated rings. The number of aromatic hydroxyl groups is 1. The lowest BCUT2D eigenvalue weighted by atomic mass is 10.2. The zero-order valence-electron chi connectivity index (χ0n) is 6.88. The van der Waals surface area contributed by atoms with Crippen LogP contribution in [0.25, 0.3) is 0 Å². The third kappa shape index (κ3) is 2.14. The van der Waals surface area contributed by atoms with Gasteiger partial charge < -0.3 is 9.84 Å². The van der Waals surface area contributed by atoms with Gasteiger partial charge in [0.05, 0.1) is 6.61 Å². The molecule has 0 unspecified atom stereocenters. The first-order valence-electron chi connectivity index (χ1n) is 3.78. The minimum Gasteiger partial charge on any atom is -0.504 e. The van der Waals surface area contributed by atoms with E-state index in [-0.39, 0.29) is 5.75 Å². The van der Waals surface area contributed by atoms with Crippen LogP contribution in [0.1, 0.15) is 12.5 Å². The van der Waals surface area contributed by atoms with Gasteiger partial charge in [-0.2, -0.15) is 0 Å². The molecule has 12 heavy (non-hydrogen) atoms. The van der Waals surface area contributed by atoms with E-state index in [1.165, 1.54) is 0 Å². The normalized spacial score (nSPS) is 9.83. The summed E-state index contributed by atoms with van der Waals surface area (Å²) in [5, 5.41) is 10.2. The van der Waals surface area contributed by atoms with Crippen LogP contribution >= 0.6 is 15.9 Å². The van der Waals surface area contributed by atoms with Gasteiger partial charge in [-0.05, 0) is 24.6 Å². The maximum absolute atomic E-state index is 9.41. The number of phenols is 1. The summed E-state index contributed by atoms with van der Waals surface area (Å²) in [6.45, 7) is 2.46. The van der Waals surface area contributed by atoms with Crippen molar-refractivity contribution in [3.8, 4) is 11.5 Å². The molecular formula is C9H11BrO2. The lowest BCUT2D eigenvalue weighted by molar-refractivity contribution is 0.318. The maximum Gasteiger partial charge on any atom is 0.160 e. The fourth-order valence-corrected chi connectivity index (χ4v) is 1.27. The van der Waals surface area contributed by atoms with Gasteiger partial charge in [0.1, 0.15) is 0 Å². The molecule has 0 aliphatic heterocycles. The first-order chi connectivity index (χ1) is 5.77. The standard InChI is InChI=1S/C9H11BrO2/c1-2-12-9-4-3-7(6-10)5-8(9)11/h3-5,11H,2,6H2,1H3. The van der Waals surface area contributed by atoms with Crippen molar-refractivity contribution in [2.24, 2.45) is 0 Å². The molecule has 0 radical (unpaired) electrons. The number of alkyl halides is 1. The van der Waals surface area contributed by atoms with Crippen molar-refractivity contribution in [1.29, 1.82) is 0 Å². The molecule has 0 spiro atoms. The van der Waals surface area contributed by atoms with Gasteiger partial charge in [0.15, 0.2) is 11.5 Å². The molecule has 2 nitrogen and oxygen atoms in total. The number of rotatable bonds is 3. The summed E-state index contributed by atoms with van der Waals surface area (Å²) in [6, 6.07) is 5.38. The molecule has 66 valence electrons. The van der Waals surface area contributed by atoms with E-state index in [1.807, 2.05) is 13.0 Å². The molecule has 0 bridgehead atoms. The Labute approximate surface area is 80.3 Å². The van der Waals surface area contributed by atoms with Crippen LogP contribution in [-0.4, -0.2) is 11.7 Å². The number of benzene rings is 1. The molecule has 1 aromatic rings. The summed E-state index contributed by atoms with van der Waals surface area (Å²) in [7, 11) is 0. The van der Waals surface area contributed by atoms with Crippen LogP contribution in [0.5, 0.6) is 11.5 Å². The molecule has 0 amide bonds. The predicted octanol–water partition coefficient (Wildman–Crippen LogP) is 2.69. The number of hydrogen-bond acceptors (Lipinski definition) is 2. The Bertz CT molecular complexity index is 261. The number of ether oxygens (including phenoxy) is 1. The second kappa shape index (κ2) is 4.36. The Morgan fingerprint density at radius 1 is 1.50 bits per heavy atom. The van der Waals surface area contributed by atoms with E-state index in [0.717, 1.165) is 10.9 Å². The Hall–Kier alpha value is -0.700. The second-order valence-electron chi connectivity index (χ2n) is 2.37. The molecule has 0 aliphatic rings. The third-order valence-corrected chi connectivity index (χ3v) is 2.12. The molecular weight excluding hydrogens is 220 g/mol. The van der Waals surface area contributed by atoms with Crippen molar-refractivity contribution in [2.75, 3.05) is 6.61 Å². The average Bonchev–Trinajstić information content (AvgIpc) is 2.09. The van der Waals surface area contributed by atoms with Gasteiger partial charge >= 0.3 is 0 Å². The van der Waals surface area contributed by atoms with Crippen molar-refractivity contribution in [2.45, 2.75) is 12.3 Å². The van der Waals surface area contributed by atoms with Crippen LogP contribution in [0.2, 0.25) is 0 Å². The highest BCUT2D eigenvalue weighted by Gasteiger charge is 2.01. The minimum atomic E-state index is 0.203. The SMILES string of the molecule is CCOc1ccc(CBr)cc1O. The van der Waals surface area contributed by atoms with E-state index in [1.54, 1.807) is 12.1 Å². The van der Waals surface area contributed by atoms with Gasteiger partial charge in [-0.15, -0.1) is 0 Å². The monoisotopic (exact) mass is 230 g/mol. The highest BCUT2D eigenvalue weighted by Crippen LogP contribution is 2.27. The summed E-state index contributed by atoms with van der Waals surface area (Å²) in [5.41, 5.74) is 1.04. The molecule has 0 aromatic heterocycles. The summed E-state index contributed by atoms with van der Waals surface area (Å²) in [4.78, 5) is 0. The predicted molar refractivity (Wildman–Crippen MR) is 51.9 cm³/mol. The van der Waals surface area contributed by atoms with E-state index in [9.17, 15) is 5.11 Å². The van der Waals surface area contributed by atoms with E-state index in [4.69, 9.17) is 4.74 Å². The first kappa shape index (κ1) is 9.39. The molecule has 0 saturated heterocycles. The highest BCUT2D eigenvalue weighted by molar-refractivity contribution is 9.08. The fourth-order valence-electron chi connectivity index (χ4n) is 0.924. The van der Waals surface area contributed by atoms with Crippen LogP contribution in [0, 0.1) is 0 Å². The van der Waals surface area contributed by atoms with Crippen molar-refractivity contribution in [3.05, 3.63) is 23.8 Å². The van der Waals surface area contributed by atoms with Crippen molar-refractivity contribution in [3.63, 3.8) is 0 Å². The summed E-state index contributed by atoms with van der Waals surface area (Å²) < 4.78 is 5.17. The van der Waals surface area contributed by atoms with Gasteiger partial charge in [0.2, 0.25) is 0 Å². The molecule has 1 rings (SSSR count). The quantitative estimate of drug-likeness (QED) is 0.810. The number of phenolic OH excluding ortho intramolecular Hbond substituents is 1. The zero-order valence-corrected chi connectivity index (χ0v) is 8.47. The number of halogens is 1. The molecule has 3 heteroatoms. The minimum absolute atomic E-state index is 0.203. The first-order valence-corrected chi connectivity index (χ1v) is 4.90. The number of hydrogen-bond donors (Lipinski definition) is 1. The molecule has 0 saturated carbocycles. The van der Waals surface area contributed by atoms with Crippen LogP contribution in [-0.2, 0) is 5.33 Å². The molecule has 0 atom stereocenters.